The van der Waals surface area contributed by atoms with Crippen LogP contribution in [0.1, 0.15) is 13.3 Å². The molecular formula is C13H14N2S2. The van der Waals surface area contributed by atoms with Crippen LogP contribution >= 0.6 is 22.7 Å². The summed E-state index contributed by atoms with van der Waals surface area (Å²) < 4.78 is 2.66. The van der Waals surface area contributed by atoms with Crippen LogP contribution in [0, 0.1) is 0 Å². The molecule has 0 amide bonds. The molecule has 0 bridgehead atoms. The molecule has 2 nitrogen and oxygen atoms in total. The number of nitrogen functional groups attached to an aromatic ring is 1. The van der Waals surface area contributed by atoms with Crippen LogP contribution in [0.15, 0.2) is 24.3 Å². The van der Waals surface area contributed by atoms with Gasteiger partial charge in [0, 0.05) is 6.54 Å². The Kier molecular flexibility index (Phi) is 2.68. The quantitative estimate of drug-likeness (QED) is 0.728. The maximum atomic E-state index is 5.88. The van der Waals surface area contributed by atoms with Gasteiger partial charge in [0.15, 0.2) is 0 Å². The summed E-state index contributed by atoms with van der Waals surface area (Å²) in [6.07, 6.45) is 1.15. The zero-order valence-corrected chi connectivity index (χ0v) is 11.3. The van der Waals surface area contributed by atoms with Crippen LogP contribution in [-0.2, 0) is 0 Å². The SMILES string of the molecule is CCCNc1cc2ccc3cc(N)sc3c2s1. The van der Waals surface area contributed by atoms with Gasteiger partial charge in [-0.05, 0) is 29.3 Å². The van der Waals surface area contributed by atoms with Gasteiger partial charge in [-0.2, -0.15) is 0 Å². The van der Waals surface area contributed by atoms with Gasteiger partial charge >= 0.3 is 0 Å². The lowest BCUT2D eigenvalue weighted by molar-refractivity contribution is 0.984. The number of hydrogen-bond acceptors (Lipinski definition) is 4. The van der Waals surface area contributed by atoms with Gasteiger partial charge in [-0.15, -0.1) is 22.7 Å². The van der Waals surface area contributed by atoms with E-state index in [1.165, 1.54) is 25.2 Å². The van der Waals surface area contributed by atoms with Crippen molar-refractivity contribution in [3.8, 4) is 0 Å². The summed E-state index contributed by atoms with van der Waals surface area (Å²) in [4.78, 5) is 0. The van der Waals surface area contributed by atoms with Crippen molar-refractivity contribution >= 4 is 52.8 Å². The summed E-state index contributed by atoms with van der Waals surface area (Å²) >= 11 is 3.50. The number of nitrogens with one attached hydrogen (secondary N) is 1. The molecule has 0 fully saturated rings. The lowest BCUT2D eigenvalue weighted by Gasteiger charge is -1.97. The predicted octanol–water partition coefficient (Wildman–Crippen LogP) is 4.52. The highest BCUT2D eigenvalue weighted by atomic mass is 32.1. The van der Waals surface area contributed by atoms with Crippen LogP contribution in [0.2, 0.25) is 0 Å². The molecule has 4 heteroatoms. The highest BCUT2D eigenvalue weighted by molar-refractivity contribution is 7.30. The summed E-state index contributed by atoms with van der Waals surface area (Å²) in [6, 6.07) is 8.61. The standard InChI is InChI=1S/C13H14N2S2/c1-2-5-15-11-7-9-4-3-8-6-10(14)16-12(8)13(9)17-11/h3-4,6-7,15H,2,5,14H2,1H3. The average molecular weight is 262 g/mol. The van der Waals surface area contributed by atoms with Gasteiger partial charge < -0.3 is 11.1 Å². The summed E-state index contributed by atoms with van der Waals surface area (Å²) in [6.45, 7) is 3.21. The Bertz CT molecular complexity index is 666. The second-order valence-corrected chi connectivity index (χ2v) is 6.22. The Balaban J connectivity index is 2.16. The molecule has 1 aromatic carbocycles. The molecule has 2 aromatic heterocycles. The van der Waals surface area contributed by atoms with E-state index in [1.807, 2.05) is 11.3 Å². The lowest BCUT2D eigenvalue weighted by Crippen LogP contribution is -1.96. The largest absolute Gasteiger partial charge is 0.391 e. The van der Waals surface area contributed by atoms with Crippen molar-refractivity contribution in [2.75, 3.05) is 17.6 Å². The molecule has 3 rings (SSSR count). The molecule has 0 aliphatic carbocycles. The zero-order chi connectivity index (χ0) is 11.8. The van der Waals surface area contributed by atoms with E-state index in [0.29, 0.717) is 0 Å². The van der Waals surface area contributed by atoms with Gasteiger partial charge in [0.2, 0.25) is 0 Å². The predicted molar refractivity (Wildman–Crippen MR) is 80.4 cm³/mol. The number of anilines is 2. The Hall–Kier alpha value is -1.26. The molecule has 0 saturated heterocycles. The van der Waals surface area contributed by atoms with E-state index in [1.54, 1.807) is 11.3 Å². The molecular weight excluding hydrogens is 248 g/mol. The third-order valence-corrected chi connectivity index (χ3v) is 4.99. The second-order valence-electron chi connectivity index (χ2n) is 4.09. The zero-order valence-electron chi connectivity index (χ0n) is 9.62. The Labute approximate surface area is 108 Å². The van der Waals surface area contributed by atoms with E-state index >= 15 is 0 Å². The molecule has 2 heterocycles. The summed E-state index contributed by atoms with van der Waals surface area (Å²) in [5.41, 5.74) is 5.88. The molecule has 0 aliphatic heterocycles. The summed E-state index contributed by atoms with van der Waals surface area (Å²) in [5, 5.41) is 8.15. The first-order chi connectivity index (χ1) is 8.28. The molecule has 17 heavy (non-hydrogen) atoms. The van der Waals surface area contributed by atoms with Crippen LogP contribution in [0.5, 0.6) is 0 Å². The van der Waals surface area contributed by atoms with E-state index in [2.05, 4.69) is 36.5 Å². The average Bonchev–Trinajstić information content (AvgIpc) is 2.87. The third-order valence-electron chi connectivity index (χ3n) is 2.74. The minimum absolute atomic E-state index is 0.893. The highest BCUT2D eigenvalue weighted by Gasteiger charge is 2.07. The fourth-order valence-electron chi connectivity index (χ4n) is 1.95. The fraction of sp³-hybridized carbons (Fsp3) is 0.231. The number of hydrogen-bond donors (Lipinski definition) is 2. The van der Waals surface area contributed by atoms with E-state index in [4.69, 9.17) is 5.73 Å². The fourth-order valence-corrected chi connectivity index (χ4v) is 4.11. The van der Waals surface area contributed by atoms with Gasteiger partial charge in [0.05, 0.1) is 19.4 Å². The van der Waals surface area contributed by atoms with Crippen LogP contribution in [-0.4, -0.2) is 6.54 Å². The molecule has 0 aliphatic rings. The molecule has 3 aromatic rings. The lowest BCUT2D eigenvalue weighted by atomic mass is 10.2. The van der Waals surface area contributed by atoms with Crippen molar-refractivity contribution in [2.45, 2.75) is 13.3 Å². The second kappa shape index (κ2) is 4.20. The van der Waals surface area contributed by atoms with E-state index in [0.717, 1.165) is 18.0 Å². The van der Waals surface area contributed by atoms with E-state index in [-0.39, 0.29) is 0 Å². The van der Waals surface area contributed by atoms with Gasteiger partial charge in [0.1, 0.15) is 0 Å². The smallest absolute Gasteiger partial charge is 0.0895 e. The van der Waals surface area contributed by atoms with Crippen molar-refractivity contribution < 1.29 is 0 Å². The Morgan fingerprint density at radius 1 is 1.12 bits per heavy atom. The molecule has 88 valence electrons. The van der Waals surface area contributed by atoms with E-state index in [9.17, 15) is 0 Å². The highest BCUT2D eigenvalue weighted by Crippen LogP contribution is 2.39. The minimum Gasteiger partial charge on any atom is -0.391 e. The number of nitrogens with two attached hydrogens (primary N) is 1. The molecule has 0 spiro atoms. The van der Waals surface area contributed by atoms with Crippen molar-refractivity contribution in [1.29, 1.82) is 0 Å². The van der Waals surface area contributed by atoms with Crippen molar-refractivity contribution in [1.82, 2.24) is 0 Å². The molecule has 0 radical (unpaired) electrons. The number of rotatable bonds is 3. The molecule has 0 unspecified atom stereocenters. The first kappa shape index (κ1) is 10.9. The van der Waals surface area contributed by atoms with E-state index < -0.39 is 0 Å². The molecule has 0 atom stereocenters. The first-order valence-electron chi connectivity index (χ1n) is 5.73. The third kappa shape index (κ3) is 1.87. The normalized spacial score (nSPS) is 11.4. The first-order valence-corrected chi connectivity index (χ1v) is 7.36. The van der Waals surface area contributed by atoms with Crippen molar-refractivity contribution in [2.24, 2.45) is 0 Å². The van der Waals surface area contributed by atoms with Crippen LogP contribution < -0.4 is 11.1 Å². The molecule has 3 N–H and O–H groups in total. The number of benzene rings is 1. The summed E-state index contributed by atoms with van der Waals surface area (Å²) in [5.74, 6) is 0. The van der Waals surface area contributed by atoms with Crippen LogP contribution in [0.3, 0.4) is 0 Å². The van der Waals surface area contributed by atoms with Gasteiger partial charge in [-0.1, -0.05) is 19.1 Å². The maximum Gasteiger partial charge on any atom is 0.0895 e. The number of fused-ring (bicyclic) bond motifs is 3. The van der Waals surface area contributed by atoms with Crippen molar-refractivity contribution in [3.05, 3.63) is 24.3 Å². The van der Waals surface area contributed by atoms with Gasteiger partial charge in [-0.25, -0.2) is 0 Å². The number of thiophene rings is 2. The van der Waals surface area contributed by atoms with Crippen LogP contribution in [0.25, 0.3) is 20.2 Å². The minimum atomic E-state index is 0.893. The summed E-state index contributed by atoms with van der Waals surface area (Å²) in [7, 11) is 0. The maximum absolute atomic E-state index is 5.88. The topological polar surface area (TPSA) is 38.0 Å². The Morgan fingerprint density at radius 3 is 2.59 bits per heavy atom. The van der Waals surface area contributed by atoms with Gasteiger partial charge in [0.25, 0.3) is 0 Å². The van der Waals surface area contributed by atoms with Gasteiger partial charge in [-0.3, -0.25) is 0 Å². The van der Waals surface area contributed by atoms with Crippen LogP contribution in [0.4, 0.5) is 10.0 Å². The monoisotopic (exact) mass is 262 g/mol. The Morgan fingerprint density at radius 2 is 1.82 bits per heavy atom. The molecule has 0 saturated carbocycles. The van der Waals surface area contributed by atoms with Crippen molar-refractivity contribution in [3.63, 3.8) is 0 Å².